The fraction of sp³-hybridized carbons (Fsp3) is 0.200. The number of aliphatic hydroxyl groups is 1. The number of hydrogen-bond donors (Lipinski definition) is 2. The number of aliphatic hydroxyl groups excluding tert-OH is 1. The van der Waals surface area contributed by atoms with Crippen LogP contribution in [0.2, 0.25) is 0 Å². The average Bonchev–Trinajstić information content (AvgIpc) is 2.42. The van der Waals surface area contributed by atoms with E-state index in [4.69, 9.17) is 0 Å². The molecule has 0 fully saturated rings. The number of aromatic hydroxyl groups is 1. The molecule has 17 heavy (non-hydrogen) atoms. The summed E-state index contributed by atoms with van der Waals surface area (Å²) in [6.45, 7) is 3.93. The molecular formula is C15H18O2. The predicted molar refractivity (Wildman–Crippen MR) is 70.8 cm³/mol. The molecule has 0 radical (unpaired) electrons. The fourth-order valence-electron chi connectivity index (χ4n) is 1.61. The summed E-state index contributed by atoms with van der Waals surface area (Å²) in [5.41, 5.74) is 2.73. The number of hydrogen-bond acceptors (Lipinski definition) is 2. The van der Waals surface area contributed by atoms with Crippen LogP contribution in [0.1, 0.15) is 19.4 Å². The van der Waals surface area contributed by atoms with Crippen molar-refractivity contribution in [2.75, 3.05) is 0 Å². The predicted octanol–water partition coefficient (Wildman–Crippen LogP) is 3.58. The molecule has 0 heterocycles. The van der Waals surface area contributed by atoms with E-state index in [9.17, 15) is 10.2 Å². The fourth-order valence-corrected chi connectivity index (χ4v) is 1.61. The molecular weight excluding hydrogens is 212 g/mol. The molecule has 2 N–H and O–H groups in total. The quantitative estimate of drug-likeness (QED) is 0.827. The summed E-state index contributed by atoms with van der Waals surface area (Å²) in [4.78, 5) is 0. The van der Waals surface area contributed by atoms with E-state index in [-0.39, 0.29) is 12.4 Å². The second-order valence-electron chi connectivity index (χ2n) is 3.37. The highest BCUT2D eigenvalue weighted by molar-refractivity contribution is 5.68. The topological polar surface area (TPSA) is 40.5 Å². The second kappa shape index (κ2) is 6.71. The van der Waals surface area contributed by atoms with Crippen molar-refractivity contribution in [2.24, 2.45) is 0 Å². The summed E-state index contributed by atoms with van der Waals surface area (Å²) in [6, 6.07) is 14.8. The first-order chi connectivity index (χ1) is 8.31. The molecule has 0 saturated heterocycles. The first-order valence-corrected chi connectivity index (χ1v) is 5.79. The van der Waals surface area contributed by atoms with Crippen molar-refractivity contribution < 1.29 is 10.2 Å². The van der Waals surface area contributed by atoms with Gasteiger partial charge in [-0.1, -0.05) is 50.2 Å². The van der Waals surface area contributed by atoms with E-state index >= 15 is 0 Å². The van der Waals surface area contributed by atoms with Crippen LogP contribution < -0.4 is 0 Å². The van der Waals surface area contributed by atoms with Crippen molar-refractivity contribution in [3.63, 3.8) is 0 Å². The van der Waals surface area contributed by atoms with E-state index < -0.39 is 0 Å². The van der Waals surface area contributed by atoms with Crippen molar-refractivity contribution in [3.8, 4) is 16.9 Å². The third-order valence-corrected chi connectivity index (χ3v) is 2.34. The van der Waals surface area contributed by atoms with E-state index in [1.165, 1.54) is 0 Å². The summed E-state index contributed by atoms with van der Waals surface area (Å²) in [6.07, 6.45) is 0. The first kappa shape index (κ1) is 13.3. The molecule has 2 heteroatoms. The van der Waals surface area contributed by atoms with Gasteiger partial charge in [0.1, 0.15) is 5.75 Å². The molecule has 0 aliphatic rings. The Kier molecular flexibility index (Phi) is 5.24. The maximum atomic E-state index is 9.30. The maximum Gasteiger partial charge on any atom is 0.115 e. The van der Waals surface area contributed by atoms with E-state index in [0.29, 0.717) is 0 Å². The summed E-state index contributed by atoms with van der Waals surface area (Å²) < 4.78 is 0. The highest BCUT2D eigenvalue weighted by atomic mass is 16.3. The number of phenols is 1. The minimum absolute atomic E-state index is 0.0708. The van der Waals surface area contributed by atoms with E-state index in [1.807, 2.05) is 50.2 Å². The van der Waals surface area contributed by atoms with E-state index in [2.05, 4.69) is 0 Å². The maximum absolute atomic E-state index is 9.30. The lowest BCUT2D eigenvalue weighted by Gasteiger charge is -2.07. The summed E-state index contributed by atoms with van der Waals surface area (Å²) in [5.74, 6) is 0.179. The molecule has 0 atom stereocenters. The Morgan fingerprint density at radius 3 is 2.18 bits per heavy atom. The Labute approximate surface area is 102 Å². The van der Waals surface area contributed by atoms with Gasteiger partial charge in [-0.15, -0.1) is 0 Å². The highest BCUT2D eigenvalue weighted by Gasteiger charge is 2.04. The van der Waals surface area contributed by atoms with Crippen LogP contribution in [-0.2, 0) is 6.61 Å². The van der Waals surface area contributed by atoms with Crippen LogP contribution >= 0.6 is 0 Å². The molecule has 2 aromatic carbocycles. The third-order valence-electron chi connectivity index (χ3n) is 2.34. The standard InChI is InChI=1S/C13H12O2.C2H6/c14-9-11-8-12(15)6-7-13(11)10-4-2-1-3-5-10;1-2/h1-8,14-15H,9H2;1-2H3. The molecule has 2 aromatic rings. The van der Waals surface area contributed by atoms with Gasteiger partial charge in [0, 0.05) is 0 Å². The zero-order valence-corrected chi connectivity index (χ0v) is 10.2. The van der Waals surface area contributed by atoms with Crippen LogP contribution in [-0.4, -0.2) is 10.2 Å². The van der Waals surface area contributed by atoms with Crippen molar-refractivity contribution in [2.45, 2.75) is 20.5 Å². The minimum atomic E-state index is -0.0708. The Bertz CT molecular complexity index is 450. The van der Waals surface area contributed by atoms with Crippen LogP contribution in [0.5, 0.6) is 5.75 Å². The molecule has 0 aliphatic heterocycles. The van der Waals surface area contributed by atoms with Crippen molar-refractivity contribution in [3.05, 3.63) is 54.1 Å². The Morgan fingerprint density at radius 2 is 1.59 bits per heavy atom. The molecule has 90 valence electrons. The van der Waals surface area contributed by atoms with Crippen molar-refractivity contribution in [1.82, 2.24) is 0 Å². The van der Waals surface area contributed by atoms with Crippen LogP contribution in [0.15, 0.2) is 48.5 Å². The van der Waals surface area contributed by atoms with E-state index in [0.717, 1.165) is 16.7 Å². The Hall–Kier alpha value is -1.80. The smallest absolute Gasteiger partial charge is 0.115 e. The molecule has 0 saturated carbocycles. The molecule has 2 nitrogen and oxygen atoms in total. The van der Waals surface area contributed by atoms with Crippen LogP contribution in [0.25, 0.3) is 11.1 Å². The summed E-state index contributed by atoms with van der Waals surface area (Å²) >= 11 is 0. The zero-order valence-electron chi connectivity index (χ0n) is 10.2. The van der Waals surface area contributed by atoms with Gasteiger partial charge in [0.05, 0.1) is 6.61 Å². The van der Waals surface area contributed by atoms with Gasteiger partial charge in [-0.2, -0.15) is 0 Å². The minimum Gasteiger partial charge on any atom is -0.508 e. The van der Waals surface area contributed by atoms with Gasteiger partial charge in [0.2, 0.25) is 0 Å². The van der Waals surface area contributed by atoms with Gasteiger partial charge in [0.25, 0.3) is 0 Å². The van der Waals surface area contributed by atoms with Crippen LogP contribution in [0.4, 0.5) is 0 Å². The first-order valence-electron chi connectivity index (χ1n) is 5.79. The second-order valence-corrected chi connectivity index (χ2v) is 3.37. The largest absolute Gasteiger partial charge is 0.508 e. The van der Waals surface area contributed by atoms with Crippen molar-refractivity contribution in [1.29, 1.82) is 0 Å². The summed E-state index contributed by atoms with van der Waals surface area (Å²) in [5, 5.41) is 18.5. The molecule has 0 unspecified atom stereocenters. The number of rotatable bonds is 2. The number of benzene rings is 2. The molecule has 0 bridgehead atoms. The average molecular weight is 230 g/mol. The van der Waals surface area contributed by atoms with Crippen LogP contribution in [0, 0.1) is 0 Å². The molecule has 0 spiro atoms. The SMILES string of the molecule is CC.OCc1cc(O)ccc1-c1ccccc1. The third kappa shape index (κ3) is 3.33. The molecule has 0 amide bonds. The van der Waals surface area contributed by atoms with Gasteiger partial charge in [0.15, 0.2) is 0 Å². The molecule has 0 aromatic heterocycles. The van der Waals surface area contributed by atoms with Gasteiger partial charge in [-0.25, -0.2) is 0 Å². The zero-order chi connectivity index (χ0) is 12.7. The lowest BCUT2D eigenvalue weighted by molar-refractivity contribution is 0.281. The van der Waals surface area contributed by atoms with Gasteiger partial charge in [-0.3, -0.25) is 0 Å². The Morgan fingerprint density at radius 1 is 0.941 bits per heavy atom. The van der Waals surface area contributed by atoms with Gasteiger partial charge in [-0.05, 0) is 28.8 Å². The van der Waals surface area contributed by atoms with Crippen LogP contribution in [0.3, 0.4) is 0 Å². The molecule has 2 rings (SSSR count). The van der Waals surface area contributed by atoms with Gasteiger partial charge >= 0.3 is 0 Å². The monoisotopic (exact) mass is 230 g/mol. The molecule has 0 aliphatic carbocycles. The lowest BCUT2D eigenvalue weighted by atomic mass is 10.00. The van der Waals surface area contributed by atoms with Gasteiger partial charge < -0.3 is 10.2 Å². The van der Waals surface area contributed by atoms with Crippen molar-refractivity contribution >= 4 is 0 Å². The summed E-state index contributed by atoms with van der Waals surface area (Å²) in [7, 11) is 0. The van der Waals surface area contributed by atoms with E-state index in [1.54, 1.807) is 12.1 Å². The lowest BCUT2D eigenvalue weighted by Crippen LogP contribution is -1.88. The number of phenolic OH excluding ortho intramolecular Hbond substituents is 1. The Balaban J connectivity index is 0.000000686. The normalized spacial score (nSPS) is 9.35. The highest BCUT2D eigenvalue weighted by Crippen LogP contribution is 2.26.